The molecule has 384 valence electrons. The highest BCUT2D eigenvalue weighted by Gasteiger charge is 2.35. The predicted octanol–water partition coefficient (Wildman–Crippen LogP) is -4.55. The van der Waals surface area contributed by atoms with Gasteiger partial charge in [-0.1, -0.05) is 26.0 Å². The molecule has 0 unspecified atom stereocenters. The fourth-order valence-electron chi connectivity index (χ4n) is 6.21. The number of aromatic hydroxyl groups is 1. The lowest BCUT2D eigenvalue weighted by Crippen LogP contribution is -2.60. The van der Waals surface area contributed by atoms with Crippen LogP contribution in [0.2, 0.25) is 0 Å². The van der Waals surface area contributed by atoms with Gasteiger partial charge in [-0.05, 0) is 69.6 Å². The van der Waals surface area contributed by atoms with E-state index in [1.165, 1.54) is 31.2 Å². The van der Waals surface area contributed by atoms with Crippen LogP contribution >= 0.6 is 0 Å². The van der Waals surface area contributed by atoms with Crippen molar-refractivity contribution in [2.75, 3.05) is 0 Å². The molecule has 69 heavy (non-hydrogen) atoms. The molecule has 1 rings (SSSR count). The zero-order valence-corrected chi connectivity index (χ0v) is 38.5. The van der Waals surface area contributed by atoms with E-state index in [-0.39, 0.29) is 24.5 Å². The van der Waals surface area contributed by atoms with Crippen LogP contribution in [0.25, 0.3) is 0 Å². The van der Waals surface area contributed by atoms with Crippen molar-refractivity contribution in [2.45, 2.75) is 146 Å². The van der Waals surface area contributed by atoms with Gasteiger partial charge >= 0.3 is 17.9 Å². The van der Waals surface area contributed by atoms with Gasteiger partial charge in [0.1, 0.15) is 54.1 Å². The largest absolute Gasteiger partial charge is 0.508 e. The number of benzene rings is 1. The molecule has 0 radical (unpaired) electrons. The lowest BCUT2D eigenvalue weighted by atomic mass is 10.0. The quantitative estimate of drug-likeness (QED) is 0.0323. The van der Waals surface area contributed by atoms with Crippen LogP contribution in [0.3, 0.4) is 0 Å². The lowest BCUT2D eigenvalue weighted by molar-refractivity contribution is -0.143. The number of carboxylic acid groups (broad SMARTS) is 3. The Morgan fingerprint density at radius 1 is 0.493 bits per heavy atom. The molecule has 1 aromatic rings. The SMILES string of the molecule is CC(C)C[C@H](NC(=O)[C@H](Cc1ccc(O)cc1)NC(=O)[C@H](CCC(N)=O)NC(=O)[C@H](CCC(N)=O)NC(=O)[C@H](C)NC(=O)[C@H](CCC(=O)O)NC(=O)[C@H](CCC(=O)O)NC(=O)[C@@H](N)[C@@H](C)O)C(=O)O. The van der Waals surface area contributed by atoms with Crippen molar-refractivity contribution in [3.8, 4) is 5.75 Å². The summed E-state index contributed by atoms with van der Waals surface area (Å²) in [5.41, 5.74) is 16.6. The summed E-state index contributed by atoms with van der Waals surface area (Å²) in [5.74, 6) is -14.0. The number of carbonyl (C=O) groups excluding carboxylic acids is 9. The van der Waals surface area contributed by atoms with E-state index in [2.05, 4.69) is 37.2 Å². The van der Waals surface area contributed by atoms with E-state index < -0.39 is 177 Å². The fraction of sp³-hybridized carbons (Fsp3) is 0.571. The molecule has 0 saturated carbocycles. The Labute approximate surface area is 395 Å². The normalized spacial score (nSPS) is 14.9. The maximum absolute atomic E-state index is 13.9. The second-order valence-corrected chi connectivity index (χ2v) is 16.6. The predicted molar refractivity (Wildman–Crippen MR) is 238 cm³/mol. The summed E-state index contributed by atoms with van der Waals surface area (Å²) in [6.45, 7) is 5.72. The molecule has 0 fully saturated rings. The molecule has 0 aromatic heterocycles. The monoisotopic (exact) mass is 980 g/mol. The number of phenols is 1. The van der Waals surface area contributed by atoms with Gasteiger partial charge in [-0.2, -0.15) is 0 Å². The first-order chi connectivity index (χ1) is 32.1. The van der Waals surface area contributed by atoms with Gasteiger partial charge in [-0.3, -0.25) is 52.7 Å². The zero-order chi connectivity index (χ0) is 52.7. The molecule has 0 aliphatic carbocycles. The zero-order valence-electron chi connectivity index (χ0n) is 38.5. The van der Waals surface area contributed by atoms with Crippen LogP contribution in [0.1, 0.15) is 91.0 Å². The minimum absolute atomic E-state index is 0.0144. The number of nitrogens with two attached hydrogens (primary N) is 3. The average molecular weight is 981 g/mol. The Hall–Kier alpha value is -7.42. The topological polar surface area (TPSA) is 468 Å². The second-order valence-electron chi connectivity index (χ2n) is 16.6. The number of phenolic OH excluding ortho intramolecular Hbond substituents is 1. The summed E-state index contributed by atoms with van der Waals surface area (Å²) in [6, 6.07) is -7.35. The smallest absolute Gasteiger partial charge is 0.326 e. The summed E-state index contributed by atoms with van der Waals surface area (Å²) < 4.78 is 0. The van der Waals surface area contributed by atoms with E-state index in [9.17, 15) is 83.1 Å². The summed E-state index contributed by atoms with van der Waals surface area (Å²) in [6.07, 6.45) is -6.18. The number of aliphatic carboxylic acids is 3. The Bertz CT molecular complexity index is 2020. The molecule has 9 atom stereocenters. The van der Waals surface area contributed by atoms with Gasteiger partial charge in [0.15, 0.2) is 0 Å². The fourth-order valence-corrected chi connectivity index (χ4v) is 6.21. The highest BCUT2D eigenvalue weighted by molar-refractivity contribution is 5.98. The molecule has 27 nitrogen and oxygen atoms in total. The van der Waals surface area contributed by atoms with Crippen LogP contribution in [0.5, 0.6) is 5.75 Å². The molecule has 0 saturated heterocycles. The maximum atomic E-state index is 13.9. The minimum Gasteiger partial charge on any atom is -0.508 e. The van der Waals surface area contributed by atoms with E-state index in [0.717, 1.165) is 6.92 Å². The van der Waals surface area contributed by atoms with Gasteiger partial charge in [0.05, 0.1) is 6.10 Å². The Balaban J connectivity index is 3.44. The van der Waals surface area contributed by atoms with Crippen molar-refractivity contribution in [3.63, 3.8) is 0 Å². The van der Waals surface area contributed by atoms with Crippen LogP contribution in [0.15, 0.2) is 24.3 Å². The van der Waals surface area contributed by atoms with Crippen molar-refractivity contribution in [3.05, 3.63) is 29.8 Å². The molecule has 27 heteroatoms. The highest BCUT2D eigenvalue weighted by Crippen LogP contribution is 2.14. The van der Waals surface area contributed by atoms with Crippen molar-refractivity contribution in [2.24, 2.45) is 23.1 Å². The Morgan fingerprint density at radius 3 is 1.22 bits per heavy atom. The highest BCUT2D eigenvalue weighted by atomic mass is 16.4. The number of amides is 9. The van der Waals surface area contributed by atoms with Crippen molar-refractivity contribution >= 4 is 71.1 Å². The molecule has 0 aliphatic heterocycles. The van der Waals surface area contributed by atoms with E-state index in [1.54, 1.807) is 13.8 Å². The average Bonchev–Trinajstić information content (AvgIpc) is 3.25. The molecule has 0 spiro atoms. The molecule has 0 aliphatic rings. The van der Waals surface area contributed by atoms with E-state index in [0.29, 0.717) is 5.56 Å². The molecular weight excluding hydrogens is 917 g/mol. The molecule has 1 aromatic carbocycles. The summed E-state index contributed by atoms with van der Waals surface area (Å²) in [5, 5.41) is 63.8. The van der Waals surface area contributed by atoms with Crippen LogP contribution in [-0.4, -0.2) is 151 Å². The van der Waals surface area contributed by atoms with Crippen molar-refractivity contribution in [1.29, 1.82) is 0 Å². The molecular formula is C42H64N10O17. The summed E-state index contributed by atoms with van der Waals surface area (Å²) in [4.78, 5) is 153. The van der Waals surface area contributed by atoms with Crippen LogP contribution in [-0.2, 0) is 64.0 Å². The van der Waals surface area contributed by atoms with Gasteiger partial charge in [0.25, 0.3) is 0 Å². The van der Waals surface area contributed by atoms with Crippen LogP contribution in [0.4, 0.5) is 0 Å². The van der Waals surface area contributed by atoms with Gasteiger partial charge < -0.3 is 80.0 Å². The number of carboxylic acids is 3. The number of rotatable bonds is 32. The second kappa shape index (κ2) is 29.4. The van der Waals surface area contributed by atoms with Crippen molar-refractivity contribution in [1.82, 2.24) is 37.2 Å². The van der Waals surface area contributed by atoms with Crippen LogP contribution in [0, 0.1) is 5.92 Å². The number of aliphatic hydroxyl groups excluding tert-OH is 1. The summed E-state index contributed by atoms with van der Waals surface area (Å²) >= 11 is 0. The number of carbonyl (C=O) groups is 12. The third-order valence-electron chi connectivity index (χ3n) is 10.1. The van der Waals surface area contributed by atoms with E-state index in [1.807, 2.05) is 0 Å². The number of hydrogen-bond donors (Lipinski definition) is 15. The first-order valence-electron chi connectivity index (χ1n) is 21.7. The number of aliphatic hydroxyl groups is 1. The summed E-state index contributed by atoms with van der Waals surface area (Å²) in [7, 11) is 0. The maximum Gasteiger partial charge on any atom is 0.326 e. The third-order valence-corrected chi connectivity index (χ3v) is 10.1. The Morgan fingerprint density at radius 2 is 0.841 bits per heavy atom. The molecule has 9 amide bonds. The van der Waals surface area contributed by atoms with Crippen LogP contribution < -0.4 is 54.4 Å². The van der Waals surface area contributed by atoms with Gasteiger partial charge in [-0.25, -0.2) is 4.79 Å². The number of primary amides is 2. The number of hydrogen-bond acceptors (Lipinski definition) is 15. The van der Waals surface area contributed by atoms with Crippen molar-refractivity contribution < 1.29 is 83.1 Å². The lowest BCUT2D eigenvalue weighted by Gasteiger charge is -2.27. The molecule has 0 bridgehead atoms. The minimum atomic E-state index is -1.73. The third kappa shape index (κ3) is 23.2. The van der Waals surface area contributed by atoms with E-state index >= 15 is 0 Å². The Kier molecular flexibility index (Phi) is 25.4. The number of nitrogens with one attached hydrogen (secondary N) is 7. The van der Waals surface area contributed by atoms with Gasteiger partial charge in [0, 0.05) is 32.1 Å². The van der Waals surface area contributed by atoms with E-state index in [4.69, 9.17) is 17.2 Å². The van der Waals surface area contributed by atoms with Gasteiger partial charge in [0.2, 0.25) is 53.2 Å². The van der Waals surface area contributed by atoms with Gasteiger partial charge in [-0.15, -0.1) is 0 Å². The first-order valence-corrected chi connectivity index (χ1v) is 21.7. The first kappa shape index (κ1) is 59.6. The molecule has 0 heterocycles. The molecule has 18 N–H and O–H groups in total. The standard InChI is InChI=1S/C42H64N10O17/c1-19(2)17-29(42(68)69)52-40(66)28(18-22-5-7-23(54)8-6-22)51-39(65)25(10-14-31(44)56)48-37(63)24(9-13-30(43)55)47-35(61)20(3)46-36(62)26(11-15-32(57)58)49-38(64)27(12-16-33(59)60)50-41(67)34(45)21(4)53/h5-8,19-21,24-29,34,53-54H,9-18,45H2,1-4H3,(H2,43,55)(H2,44,56)(H,46,62)(H,47,61)(H,48,63)(H,49,64)(H,50,67)(H,51,65)(H,52,66)(H,57,58)(H,59,60)(H,68,69)/t20-,21+,24-,25-,26-,27-,28-,29-,34-/m0/s1.